The highest BCUT2D eigenvalue weighted by atomic mass is 16.6. The average Bonchev–Trinajstić information content (AvgIpc) is 2.62. The Morgan fingerprint density at radius 2 is 1.26 bits per heavy atom. The highest BCUT2D eigenvalue weighted by Gasteiger charge is 2.13. The molecule has 0 aliphatic rings. The second kappa shape index (κ2) is 14.2. The Bertz CT molecular complexity index is 551. The monoisotopic (exact) mass is 376 g/mol. The maximum Gasteiger partial charge on any atom is 0.311 e. The number of hydrogen-bond donors (Lipinski definition) is 0. The average molecular weight is 377 g/mol. The zero-order valence-electron chi connectivity index (χ0n) is 17.3. The minimum absolute atomic E-state index is 0.274. The summed E-state index contributed by atoms with van der Waals surface area (Å²) in [7, 11) is 0. The molecule has 0 aliphatic heterocycles. The molecule has 0 bridgehead atoms. The van der Waals surface area contributed by atoms with Gasteiger partial charge in [0.05, 0.1) is 0 Å². The minimum atomic E-state index is -0.275. The molecule has 27 heavy (non-hydrogen) atoms. The first-order valence-corrected chi connectivity index (χ1v) is 10.5. The molecule has 0 atom stereocenters. The summed E-state index contributed by atoms with van der Waals surface area (Å²) in [6, 6.07) is 6.88. The molecule has 0 fully saturated rings. The van der Waals surface area contributed by atoms with E-state index >= 15 is 0 Å². The van der Waals surface area contributed by atoms with Gasteiger partial charge in [0.1, 0.15) is 0 Å². The Hall–Kier alpha value is -1.84. The number of rotatable bonds is 14. The van der Waals surface area contributed by atoms with Crippen molar-refractivity contribution < 1.29 is 19.1 Å². The smallest absolute Gasteiger partial charge is 0.311 e. The first-order valence-electron chi connectivity index (χ1n) is 10.5. The van der Waals surface area contributed by atoms with Crippen molar-refractivity contribution in [2.45, 2.75) is 91.4 Å². The summed E-state index contributed by atoms with van der Waals surface area (Å²) in [6.07, 6.45) is 10.4. The van der Waals surface area contributed by atoms with Gasteiger partial charge in [0.15, 0.2) is 11.5 Å². The van der Waals surface area contributed by atoms with Gasteiger partial charge in [-0.05, 0) is 30.9 Å². The molecule has 1 rings (SSSR count). The van der Waals surface area contributed by atoms with E-state index in [0.29, 0.717) is 30.3 Å². The molecule has 0 saturated carbocycles. The normalized spacial score (nSPS) is 10.8. The maximum atomic E-state index is 12.1. The van der Waals surface area contributed by atoms with E-state index in [1.54, 1.807) is 24.3 Å². The molecule has 0 unspecified atom stereocenters. The standard InChI is InChI=1S/C23H36O4/c1-4-5-6-7-10-17-22(24)26-20-15-12-13-16-21(20)27-23(25)18-11-8-9-14-19(2)3/h12-13,15-16,19H,4-11,14,17-18H2,1-3H3. The maximum absolute atomic E-state index is 12.1. The molecular weight excluding hydrogens is 340 g/mol. The second-order valence-electron chi connectivity index (χ2n) is 7.55. The number of unbranched alkanes of at least 4 members (excludes halogenated alkanes) is 6. The fourth-order valence-electron chi connectivity index (χ4n) is 2.84. The third kappa shape index (κ3) is 11.5. The molecule has 0 aromatic heterocycles. The van der Waals surface area contributed by atoms with Crippen LogP contribution in [0, 0.1) is 5.92 Å². The summed E-state index contributed by atoms with van der Waals surface area (Å²) in [4.78, 5) is 24.1. The number of carbonyl (C=O) groups is 2. The molecule has 1 aromatic rings. The summed E-state index contributed by atoms with van der Waals surface area (Å²) in [5, 5.41) is 0. The van der Waals surface area contributed by atoms with Crippen molar-refractivity contribution in [3.63, 3.8) is 0 Å². The molecule has 152 valence electrons. The van der Waals surface area contributed by atoms with Crippen LogP contribution in [0.2, 0.25) is 0 Å². The predicted molar refractivity (Wildman–Crippen MR) is 109 cm³/mol. The molecule has 0 aliphatic carbocycles. The van der Waals surface area contributed by atoms with E-state index in [9.17, 15) is 9.59 Å². The Labute approximate surface area is 164 Å². The van der Waals surface area contributed by atoms with Crippen LogP contribution in [0.15, 0.2) is 24.3 Å². The van der Waals surface area contributed by atoms with Gasteiger partial charge in [-0.2, -0.15) is 0 Å². The van der Waals surface area contributed by atoms with Crippen molar-refractivity contribution in [2.75, 3.05) is 0 Å². The van der Waals surface area contributed by atoms with Crippen LogP contribution in [0.4, 0.5) is 0 Å². The van der Waals surface area contributed by atoms with Crippen LogP contribution in [0.3, 0.4) is 0 Å². The summed E-state index contributed by atoms with van der Waals surface area (Å²) >= 11 is 0. The lowest BCUT2D eigenvalue weighted by molar-refractivity contribution is -0.137. The third-order valence-corrected chi connectivity index (χ3v) is 4.44. The van der Waals surface area contributed by atoms with Gasteiger partial charge in [0, 0.05) is 12.8 Å². The van der Waals surface area contributed by atoms with E-state index in [2.05, 4.69) is 20.8 Å². The molecule has 4 heteroatoms. The zero-order chi connectivity index (χ0) is 19.9. The Morgan fingerprint density at radius 3 is 1.74 bits per heavy atom. The fourth-order valence-corrected chi connectivity index (χ4v) is 2.84. The van der Waals surface area contributed by atoms with Crippen LogP contribution < -0.4 is 9.47 Å². The van der Waals surface area contributed by atoms with Gasteiger partial charge >= 0.3 is 11.9 Å². The fraction of sp³-hybridized carbons (Fsp3) is 0.652. The Morgan fingerprint density at radius 1 is 0.778 bits per heavy atom. The van der Waals surface area contributed by atoms with Crippen LogP contribution in [-0.2, 0) is 9.59 Å². The van der Waals surface area contributed by atoms with Crippen LogP contribution in [0.25, 0.3) is 0 Å². The topological polar surface area (TPSA) is 52.6 Å². The Balaban J connectivity index is 2.37. The van der Waals surface area contributed by atoms with Crippen LogP contribution in [0.1, 0.15) is 91.4 Å². The number of ether oxygens (including phenoxy) is 2. The van der Waals surface area contributed by atoms with Gasteiger partial charge in [-0.1, -0.05) is 77.8 Å². The number of esters is 2. The summed E-state index contributed by atoms with van der Waals surface area (Å²) in [5.74, 6) is 0.796. The molecule has 0 spiro atoms. The van der Waals surface area contributed by atoms with Crippen LogP contribution in [-0.4, -0.2) is 11.9 Å². The van der Waals surface area contributed by atoms with Gasteiger partial charge in [0.25, 0.3) is 0 Å². The van der Waals surface area contributed by atoms with E-state index in [-0.39, 0.29) is 11.9 Å². The van der Waals surface area contributed by atoms with Gasteiger partial charge < -0.3 is 9.47 Å². The lowest BCUT2D eigenvalue weighted by Crippen LogP contribution is -2.12. The largest absolute Gasteiger partial charge is 0.423 e. The second-order valence-corrected chi connectivity index (χ2v) is 7.55. The van der Waals surface area contributed by atoms with E-state index < -0.39 is 0 Å². The summed E-state index contributed by atoms with van der Waals surface area (Å²) in [6.45, 7) is 6.58. The van der Waals surface area contributed by atoms with E-state index in [1.165, 1.54) is 19.3 Å². The Kier molecular flexibility index (Phi) is 12.2. The van der Waals surface area contributed by atoms with E-state index in [4.69, 9.17) is 9.47 Å². The number of benzene rings is 1. The van der Waals surface area contributed by atoms with E-state index in [0.717, 1.165) is 38.5 Å². The number of hydrogen-bond acceptors (Lipinski definition) is 4. The first-order chi connectivity index (χ1) is 13.0. The molecule has 4 nitrogen and oxygen atoms in total. The first kappa shape index (κ1) is 23.2. The van der Waals surface area contributed by atoms with Crippen molar-refractivity contribution >= 4 is 11.9 Å². The SMILES string of the molecule is CCCCCCCC(=O)Oc1ccccc1OC(=O)CCCCCC(C)C. The highest BCUT2D eigenvalue weighted by Crippen LogP contribution is 2.27. The van der Waals surface area contributed by atoms with Crippen LogP contribution in [0.5, 0.6) is 11.5 Å². The lowest BCUT2D eigenvalue weighted by atomic mass is 10.0. The summed E-state index contributed by atoms with van der Waals surface area (Å²) in [5.41, 5.74) is 0. The van der Waals surface area contributed by atoms with Gasteiger partial charge in [-0.25, -0.2) is 0 Å². The zero-order valence-corrected chi connectivity index (χ0v) is 17.3. The molecule has 0 heterocycles. The minimum Gasteiger partial charge on any atom is -0.423 e. The number of para-hydroxylation sites is 2. The molecule has 1 aromatic carbocycles. The predicted octanol–water partition coefficient (Wildman–Crippen LogP) is 6.46. The van der Waals surface area contributed by atoms with Crippen molar-refractivity contribution in [3.8, 4) is 11.5 Å². The van der Waals surface area contributed by atoms with Gasteiger partial charge in [-0.15, -0.1) is 0 Å². The van der Waals surface area contributed by atoms with Gasteiger partial charge in [-0.3, -0.25) is 9.59 Å². The number of carbonyl (C=O) groups excluding carboxylic acids is 2. The van der Waals surface area contributed by atoms with Crippen molar-refractivity contribution in [3.05, 3.63) is 24.3 Å². The van der Waals surface area contributed by atoms with Gasteiger partial charge in [0.2, 0.25) is 0 Å². The highest BCUT2D eigenvalue weighted by molar-refractivity contribution is 5.76. The molecule has 0 radical (unpaired) electrons. The van der Waals surface area contributed by atoms with Crippen molar-refractivity contribution in [2.24, 2.45) is 5.92 Å². The van der Waals surface area contributed by atoms with Crippen molar-refractivity contribution in [1.29, 1.82) is 0 Å². The lowest BCUT2D eigenvalue weighted by Gasteiger charge is -2.10. The quantitative estimate of drug-likeness (QED) is 0.212. The molecular formula is C23H36O4. The molecule has 0 saturated heterocycles. The summed E-state index contributed by atoms with van der Waals surface area (Å²) < 4.78 is 10.8. The molecule has 0 amide bonds. The third-order valence-electron chi connectivity index (χ3n) is 4.44. The molecule has 0 N–H and O–H groups in total. The van der Waals surface area contributed by atoms with Crippen molar-refractivity contribution in [1.82, 2.24) is 0 Å². The van der Waals surface area contributed by atoms with Crippen LogP contribution >= 0.6 is 0 Å². The van der Waals surface area contributed by atoms with E-state index in [1.807, 2.05) is 0 Å².